The third kappa shape index (κ3) is 5.54. The quantitative estimate of drug-likeness (QED) is 0.173. The van der Waals surface area contributed by atoms with Crippen LogP contribution in [-0.2, 0) is 0 Å². The Morgan fingerprint density at radius 1 is 0.571 bits per heavy atom. The molecule has 0 aliphatic heterocycles. The van der Waals surface area contributed by atoms with E-state index in [1.165, 1.54) is 0 Å². The second-order valence-electron chi connectivity index (χ2n) is 9.76. The molecule has 0 aliphatic rings. The van der Waals surface area contributed by atoms with Gasteiger partial charge >= 0.3 is 0 Å². The first-order chi connectivity index (χ1) is 20.7. The summed E-state index contributed by atoms with van der Waals surface area (Å²) in [7, 11) is 0. The number of hydrogen-bond acceptors (Lipinski definition) is 2. The lowest BCUT2D eigenvalue weighted by molar-refractivity contribution is 1.40. The minimum atomic E-state index is 0.152. The van der Waals surface area contributed by atoms with Gasteiger partial charge in [-0.2, -0.15) is 5.26 Å². The summed E-state index contributed by atoms with van der Waals surface area (Å²) in [4.78, 5) is 9.32. The van der Waals surface area contributed by atoms with Gasteiger partial charge in [-0.15, -0.1) is 0 Å². The molecule has 0 saturated carbocycles. The lowest BCUT2D eigenvalue weighted by Gasteiger charge is -2.13. The van der Waals surface area contributed by atoms with Crippen molar-refractivity contribution in [3.05, 3.63) is 168 Å². The largest absolute Gasteiger partial charge is 0.282 e. The number of rotatable bonds is 5. The molecular formula is C38H26N4. The van der Waals surface area contributed by atoms with Crippen LogP contribution in [0.4, 0.5) is 0 Å². The van der Waals surface area contributed by atoms with Crippen molar-refractivity contribution in [1.82, 2.24) is 0 Å². The van der Waals surface area contributed by atoms with Crippen LogP contribution in [0.2, 0.25) is 0 Å². The van der Waals surface area contributed by atoms with E-state index >= 15 is 0 Å². The number of hydrogen-bond donors (Lipinski definition) is 1. The van der Waals surface area contributed by atoms with Crippen LogP contribution in [0.25, 0.3) is 33.0 Å². The Balaban J connectivity index is 1.40. The molecule has 0 heterocycles. The summed E-state index contributed by atoms with van der Waals surface area (Å²) in [5.41, 5.74) is 7.27. The molecule has 4 heteroatoms. The first-order valence-electron chi connectivity index (χ1n) is 13.6. The first kappa shape index (κ1) is 26.3. The molecule has 0 aliphatic carbocycles. The number of nitrogens with zero attached hydrogens (tertiary/aromatic N) is 3. The molecule has 0 bridgehead atoms. The van der Waals surface area contributed by atoms with Crippen LogP contribution in [0.15, 0.2) is 156 Å². The number of amidine groups is 2. The molecule has 0 amide bonds. The molecule has 6 aromatic rings. The molecule has 198 valence electrons. The van der Waals surface area contributed by atoms with E-state index in [1.54, 1.807) is 6.21 Å². The van der Waals surface area contributed by atoms with Crippen LogP contribution >= 0.6 is 0 Å². The van der Waals surface area contributed by atoms with Gasteiger partial charge in [0.25, 0.3) is 0 Å². The van der Waals surface area contributed by atoms with Gasteiger partial charge < -0.3 is 0 Å². The number of nitriles is 1. The number of nitrogens with one attached hydrogen (secondary N) is 1. The normalized spacial score (nSPS) is 11.5. The molecule has 0 atom stereocenters. The van der Waals surface area contributed by atoms with Crippen molar-refractivity contribution in [3.63, 3.8) is 0 Å². The Hall–Kier alpha value is -5.92. The smallest absolute Gasteiger partial charge is 0.161 e. The monoisotopic (exact) mass is 538 g/mol. The van der Waals surface area contributed by atoms with Gasteiger partial charge in [0.2, 0.25) is 0 Å². The van der Waals surface area contributed by atoms with Gasteiger partial charge in [0, 0.05) is 22.9 Å². The van der Waals surface area contributed by atoms with Crippen LogP contribution in [0.3, 0.4) is 0 Å². The fraction of sp³-hybridized carbons (Fsp3) is 0. The predicted octanol–water partition coefficient (Wildman–Crippen LogP) is 8.94. The first-order valence-corrected chi connectivity index (χ1v) is 13.6. The molecule has 0 fully saturated rings. The Morgan fingerprint density at radius 2 is 1.17 bits per heavy atom. The molecule has 0 aromatic heterocycles. The number of fused-ring (bicyclic) bond motifs is 1. The summed E-state index contributed by atoms with van der Waals surface area (Å²) in [5.74, 6) is 0.617. The van der Waals surface area contributed by atoms with E-state index in [4.69, 9.17) is 10.4 Å². The summed E-state index contributed by atoms with van der Waals surface area (Å²) in [5, 5.41) is 20.5. The highest BCUT2D eigenvalue weighted by Crippen LogP contribution is 2.36. The van der Waals surface area contributed by atoms with E-state index < -0.39 is 0 Å². The summed E-state index contributed by atoms with van der Waals surface area (Å²) >= 11 is 0. The molecule has 0 saturated heterocycles. The summed E-state index contributed by atoms with van der Waals surface area (Å²) in [6, 6.07) is 50.0. The second kappa shape index (κ2) is 12.1. The van der Waals surface area contributed by atoms with Crippen molar-refractivity contribution in [2.45, 2.75) is 0 Å². The highest BCUT2D eigenvalue weighted by Gasteiger charge is 2.13. The fourth-order valence-electron chi connectivity index (χ4n) is 5.01. The Kier molecular flexibility index (Phi) is 7.57. The van der Waals surface area contributed by atoms with E-state index in [0.29, 0.717) is 11.4 Å². The Bertz CT molecular complexity index is 1980. The lowest BCUT2D eigenvalue weighted by atomic mass is 9.90. The van der Waals surface area contributed by atoms with Gasteiger partial charge in [0.1, 0.15) is 0 Å². The van der Waals surface area contributed by atoms with Crippen molar-refractivity contribution in [2.75, 3.05) is 0 Å². The van der Waals surface area contributed by atoms with Crippen molar-refractivity contribution >= 4 is 28.7 Å². The number of aliphatic imine (C=N–C) groups is 2. The third-order valence-electron chi connectivity index (χ3n) is 7.12. The molecular weight excluding hydrogens is 512 g/mol. The van der Waals surface area contributed by atoms with Gasteiger partial charge in [0.05, 0.1) is 11.6 Å². The highest BCUT2D eigenvalue weighted by atomic mass is 14.9. The average Bonchev–Trinajstić information content (AvgIpc) is 3.07. The van der Waals surface area contributed by atoms with Crippen molar-refractivity contribution in [2.24, 2.45) is 9.98 Å². The maximum absolute atomic E-state index is 9.69. The van der Waals surface area contributed by atoms with E-state index in [-0.39, 0.29) is 5.84 Å². The van der Waals surface area contributed by atoms with Gasteiger partial charge in [0.15, 0.2) is 11.7 Å². The van der Waals surface area contributed by atoms with Gasteiger partial charge in [-0.25, -0.2) is 9.98 Å². The maximum Gasteiger partial charge on any atom is 0.161 e. The molecule has 0 radical (unpaired) electrons. The van der Waals surface area contributed by atoms with Crippen LogP contribution in [-0.4, -0.2) is 17.9 Å². The highest BCUT2D eigenvalue weighted by molar-refractivity contribution is 6.13. The summed E-state index contributed by atoms with van der Waals surface area (Å²) < 4.78 is 0. The van der Waals surface area contributed by atoms with Gasteiger partial charge in [-0.1, -0.05) is 140 Å². The SMILES string of the molecule is N#Cc1ccccc1-c1ccc(-c2ccc(C(=N/C(=N)c3ccccc3)/N=C/c3ccccc3)cc2)c2ccccc12. The van der Waals surface area contributed by atoms with Crippen molar-refractivity contribution < 1.29 is 0 Å². The Labute approximate surface area is 245 Å². The molecule has 42 heavy (non-hydrogen) atoms. The maximum atomic E-state index is 9.69. The van der Waals surface area contributed by atoms with E-state index in [1.807, 2.05) is 109 Å². The number of benzene rings is 6. The molecule has 4 nitrogen and oxygen atoms in total. The Morgan fingerprint density at radius 3 is 1.88 bits per heavy atom. The molecule has 6 rings (SSSR count). The van der Waals surface area contributed by atoms with Crippen LogP contribution < -0.4 is 0 Å². The fourth-order valence-corrected chi connectivity index (χ4v) is 5.01. The summed E-state index contributed by atoms with van der Waals surface area (Å²) in [6.45, 7) is 0. The van der Waals surface area contributed by atoms with Crippen molar-refractivity contribution in [3.8, 4) is 28.3 Å². The topological polar surface area (TPSA) is 72.4 Å². The van der Waals surface area contributed by atoms with Crippen molar-refractivity contribution in [1.29, 1.82) is 10.7 Å². The van der Waals surface area contributed by atoms with E-state index in [9.17, 15) is 5.26 Å². The molecule has 0 unspecified atom stereocenters. The van der Waals surface area contributed by atoms with Gasteiger partial charge in [-0.05, 0) is 39.1 Å². The molecule has 1 N–H and O–H groups in total. The predicted molar refractivity (Wildman–Crippen MR) is 173 cm³/mol. The lowest BCUT2D eigenvalue weighted by Crippen LogP contribution is -2.04. The molecule has 6 aromatic carbocycles. The van der Waals surface area contributed by atoms with E-state index in [0.717, 1.165) is 49.7 Å². The second-order valence-corrected chi connectivity index (χ2v) is 9.76. The van der Waals surface area contributed by atoms with E-state index in [2.05, 4.69) is 47.5 Å². The standard InChI is InChI=1S/C38H26N4/c39-25-31-15-7-8-16-32(31)36-24-23-33(34-17-9-10-18-35(34)36)28-19-21-30(22-20-28)38(41-26-27-11-3-1-4-12-27)42-37(40)29-13-5-2-6-14-29/h1-24,26,40H/b40-37?,41-26+,42-38-. The zero-order chi connectivity index (χ0) is 28.7. The molecule has 0 spiro atoms. The zero-order valence-electron chi connectivity index (χ0n) is 22.8. The van der Waals surface area contributed by atoms with Crippen LogP contribution in [0.1, 0.15) is 22.3 Å². The average molecular weight is 539 g/mol. The summed E-state index contributed by atoms with van der Waals surface area (Å²) in [6.07, 6.45) is 1.77. The minimum absolute atomic E-state index is 0.152. The zero-order valence-corrected chi connectivity index (χ0v) is 22.8. The third-order valence-corrected chi connectivity index (χ3v) is 7.12. The van der Waals surface area contributed by atoms with Crippen LogP contribution in [0, 0.1) is 16.7 Å². The van der Waals surface area contributed by atoms with Gasteiger partial charge in [-0.3, -0.25) is 5.41 Å². The minimum Gasteiger partial charge on any atom is -0.282 e. The van der Waals surface area contributed by atoms with Crippen LogP contribution in [0.5, 0.6) is 0 Å².